The highest BCUT2D eigenvalue weighted by Gasteiger charge is 2.41. The Morgan fingerprint density at radius 3 is 2.64 bits per heavy atom. The number of rotatable bonds is 7. The average molecular weight is 526 g/mol. The van der Waals surface area contributed by atoms with Crippen LogP contribution in [0.1, 0.15) is 31.4 Å². The highest BCUT2D eigenvalue weighted by Crippen LogP contribution is 2.37. The molecule has 9 nitrogen and oxygen atoms in total. The lowest BCUT2D eigenvalue weighted by atomic mass is 9.99. The van der Waals surface area contributed by atoms with Gasteiger partial charge in [0.05, 0.1) is 36.3 Å². The number of carboxylic acids is 1. The summed E-state index contributed by atoms with van der Waals surface area (Å²) in [5.74, 6) is -1.30. The zero-order valence-corrected chi connectivity index (χ0v) is 20.3. The lowest BCUT2D eigenvalue weighted by Gasteiger charge is -2.15. The van der Waals surface area contributed by atoms with Crippen molar-refractivity contribution < 1.29 is 40.9 Å². The number of hydrazone groups is 1. The van der Waals surface area contributed by atoms with Crippen LogP contribution in [0.15, 0.2) is 46.7 Å². The minimum atomic E-state index is -4.59. The molecule has 1 N–H and O–H groups in total. The van der Waals surface area contributed by atoms with Crippen molar-refractivity contribution >= 4 is 33.6 Å². The maximum absolute atomic E-state index is 13.3. The van der Waals surface area contributed by atoms with Gasteiger partial charge in [-0.15, -0.1) is 0 Å². The van der Waals surface area contributed by atoms with Crippen molar-refractivity contribution in [3.05, 3.63) is 47.7 Å². The summed E-state index contributed by atoms with van der Waals surface area (Å²) in [6.45, 7) is 4.27. The van der Waals surface area contributed by atoms with Gasteiger partial charge in [0.1, 0.15) is 11.5 Å². The number of benzene rings is 1. The molecule has 36 heavy (non-hydrogen) atoms. The summed E-state index contributed by atoms with van der Waals surface area (Å²) in [5.41, 5.74) is -0.383. The Labute approximate surface area is 205 Å². The van der Waals surface area contributed by atoms with Crippen LogP contribution in [-0.2, 0) is 21.0 Å². The van der Waals surface area contributed by atoms with E-state index in [0.29, 0.717) is 12.4 Å². The first-order valence-electron chi connectivity index (χ1n) is 11.1. The van der Waals surface area contributed by atoms with Crippen molar-refractivity contribution in [2.24, 2.45) is 16.9 Å². The lowest BCUT2D eigenvalue weighted by Crippen LogP contribution is -2.30. The molecule has 4 rings (SSSR count). The van der Waals surface area contributed by atoms with E-state index in [2.05, 4.69) is 10.1 Å². The maximum Gasteiger partial charge on any atom is 0.416 e. The summed E-state index contributed by atoms with van der Waals surface area (Å²) in [5, 5.41) is 13.3. The van der Waals surface area contributed by atoms with Crippen LogP contribution >= 0.6 is 0 Å². The van der Waals surface area contributed by atoms with Gasteiger partial charge in [0.15, 0.2) is 11.2 Å². The number of sulfonamides is 1. The molecule has 1 saturated heterocycles. The number of aliphatic carboxylic acids is 1. The molecule has 3 heterocycles. The van der Waals surface area contributed by atoms with Crippen molar-refractivity contribution in [3.8, 4) is 5.75 Å². The molecule has 2 aliphatic rings. The molecule has 1 aromatic carbocycles. The van der Waals surface area contributed by atoms with E-state index in [4.69, 9.17) is 4.74 Å². The SMILES string of the molecule is CCOc1ccc(S(=O)(=O)N2CC(/C=[N+]3/N=C(CC(=O)O)c4ccc(C(F)(F)F)cc43)[C@H](C)C2)nc1. The number of hydrogen-bond acceptors (Lipinski definition) is 6. The zero-order chi connectivity index (χ0) is 26.3. The average Bonchev–Trinajstić information content (AvgIpc) is 3.34. The van der Waals surface area contributed by atoms with E-state index < -0.39 is 40.1 Å². The van der Waals surface area contributed by atoms with E-state index in [0.717, 1.165) is 12.1 Å². The molecule has 0 bridgehead atoms. The number of ether oxygens (including phenoxy) is 1. The van der Waals surface area contributed by atoms with E-state index >= 15 is 0 Å². The van der Waals surface area contributed by atoms with Crippen LogP contribution < -0.4 is 4.74 Å². The summed E-state index contributed by atoms with van der Waals surface area (Å²) in [7, 11) is -3.92. The van der Waals surface area contributed by atoms with Crippen molar-refractivity contribution in [2.75, 3.05) is 19.7 Å². The summed E-state index contributed by atoms with van der Waals surface area (Å²) < 4.78 is 74.0. The predicted molar refractivity (Wildman–Crippen MR) is 123 cm³/mol. The Bertz CT molecular complexity index is 1340. The van der Waals surface area contributed by atoms with Crippen LogP contribution in [0.25, 0.3) is 0 Å². The number of pyridine rings is 1. The maximum atomic E-state index is 13.3. The summed E-state index contributed by atoms with van der Waals surface area (Å²) in [6.07, 6.45) is -2.17. The third-order valence-electron chi connectivity index (χ3n) is 6.02. The van der Waals surface area contributed by atoms with Gasteiger partial charge in [-0.2, -0.15) is 17.5 Å². The number of hydrogen-bond donors (Lipinski definition) is 1. The second-order valence-corrected chi connectivity index (χ2v) is 10.5. The Morgan fingerprint density at radius 1 is 1.28 bits per heavy atom. The Balaban J connectivity index is 1.63. The first-order valence-corrected chi connectivity index (χ1v) is 12.6. The number of alkyl halides is 3. The second kappa shape index (κ2) is 9.62. The molecule has 0 aliphatic carbocycles. The molecule has 0 radical (unpaired) electrons. The van der Waals surface area contributed by atoms with E-state index in [1.54, 1.807) is 13.1 Å². The minimum absolute atomic E-state index is 0.0625. The molecule has 0 amide bonds. The van der Waals surface area contributed by atoms with Gasteiger partial charge in [0.2, 0.25) is 5.69 Å². The lowest BCUT2D eigenvalue weighted by molar-refractivity contribution is -0.438. The van der Waals surface area contributed by atoms with Crippen molar-refractivity contribution in [3.63, 3.8) is 0 Å². The number of fused-ring (bicyclic) bond motifs is 1. The van der Waals surface area contributed by atoms with Crippen molar-refractivity contribution in [2.45, 2.75) is 31.5 Å². The summed E-state index contributed by atoms with van der Waals surface area (Å²) >= 11 is 0. The van der Waals surface area contributed by atoms with E-state index in [1.807, 2.05) is 6.92 Å². The molecule has 13 heteroatoms. The number of carbonyl (C=O) groups is 1. The molecular weight excluding hydrogens is 501 g/mol. The van der Waals surface area contributed by atoms with Gasteiger partial charge >= 0.3 is 12.1 Å². The molecular formula is C23H24F3N4O5S+. The van der Waals surface area contributed by atoms with E-state index in [-0.39, 0.29) is 41.0 Å². The molecule has 2 atom stereocenters. The minimum Gasteiger partial charge on any atom is -0.492 e. The van der Waals surface area contributed by atoms with Gasteiger partial charge in [0.25, 0.3) is 10.0 Å². The molecule has 2 aromatic rings. The first kappa shape index (κ1) is 25.8. The molecule has 1 aromatic heterocycles. The van der Waals surface area contributed by atoms with Crippen LogP contribution in [0.4, 0.5) is 18.9 Å². The fourth-order valence-corrected chi connectivity index (χ4v) is 5.68. The van der Waals surface area contributed by atoms with Gasteiger partial charge in [-0.05, 0) is 37.1 Å². The predicted octanol–water partition coefficient (Wildman–Crippen LogP) is 3.36. The van der Waals surface area contributed by atoms with Crippen LogP contribution in [0.5, 0.6) is 5.75 Å². The molecule has 192 valence electrons. The highest BCUT2D eigenvalue weighted by molar-refractivity contribution is 7.89. The van der Waals surface area contributed by atoms with Crippen LogP contribution in [0, 0.1) is 11.8 Å². The third kappa shape index (κ3) is 5.12. The van der Waals surface area contributed by atoms with E-state index in [9.17, 15) is 31.5 Å². The normalized spacial score (nSPS) is 21.5. The van der Waals surface area contributed by atoms with Crippen molar-refractivity contribution in [1.29, 1.82) is 0 Å². The van der Waals surface area contributed by atoms with Gasteiger partial charge < -0.3 is 9.84 Å². The van der Waals surface area contributed by atoms with Crippen LogP contribution in [0.2, 0.25) is 0 Å². The summed E-state index contributed by atoms with van der Waals surface area (Å²) in [6, 6.07) is 5.89. The topological polar surface area (TPSA) is 112 Å². The molecule has 0 spiro atoms. The first-order chi connectivity index (χ1) is 16.9. The largest absolute Gasteiger partial charge is 0.492 e. The van der Waals surface area contributed by atoms with Gasteiger partial charge in [-0.3, -0.25) is 4.79 Å². The molecule has 1 unspecified atom stereocenters. The zero-order valence-electron chi connectivity index (χ0n) is 19.4. The summed E-state index contributed by atoms with van der Waals surface area (Å²) in [4.78, 5) is 15.3. The number of nitrogens with zero attached hydrogens (tertiary/aromatic N) is 4. The molecule has 2 aliphatic heterocycles. The number of halogens is 3. The smallest absolute Gasteiger partial charge is 0.416 e. The Kier molecular flexibility index (Phi) is 6.88. The number of carboxylic acid groups (broad SMARTS) is 1. The second-order valence-electron chi connectivity index (χ2n) is 8.57. The fourth-order valence-electron chi connectivity index (χ4n) is 4.19. The standard InChI is InChI=1S/C23H23F3N4O5S/c1-3-35-17-5-7-21(27-10-17)36(33,34)29-11-14(2)15(12-29)13-30-20-8-16(23(24,25)26)4-6-18(20)19(28-30)9-22(31)32/h4-8,10,13-15H,3,9,11-12H2,1-2H3/p+1/b30-13+/t14-,15?/m1/s1. The third-order valence-corrected chi connectivity index (χ3v) is 7.77. The van der Waals surface area contributed by atoms with E-state index in [1.165, 1.54) is 33.4 Å². The molecule has 0 saturated carbocycles. The highest BCUT2D eigenvalue weighted by atomic mass is 32.2. The quantitative estimate of drug-likeness (QED) is 0.555. The fraction of sp³-hybridized carbons (Fsp3) is 0.391. The van der Waals surface area contributed by atoms with Gasteiger partial charge in [-0.25, -0.2) is 13.4 Å². The Morgan fingerprint density at radius 2 is 2.03 bits per heavy atom. The molecule has 1 fully saturated rings. The monoisotopic (exact) mass is 525 g/mol. The van der Waals surface area contributed by atoms with Gasteiger partial charge in [0, 0.05) is 24.3 Å². The van der Waals surface area contributed by atoms with Crippen LogP contribution in [-0.4, -0.2) is 65.1 Å². The van der Waals surface area contributed by atoms with Crippen LogP contribution in [0.3, 0.4) is 0 Å². The Hall–Kier alpha value is -3.32. The van der Waals surface area contributed by atoms with Gasteiger partial charge in [-0.1, -0.05) is 11.6 Å². The van der Waals surface area contributed by atoms with Crippen molar-refractivity contribution in [1.82, 2.24) is 9.29 Å². The number of aromatic nitrogens is 1.